The minimum atomic E-state index is 0.412. The Morgan fingerprint density at radius 2 is 1.33 bits per heavy atom. The number of rotatable bonds is 4. The third-order valence-corrected chi connectivity index (χ3v) is 7.98. The zero-order valence-electron chi connectivity index (χ0n) is 22.3. The van der Waals surface area contributed by atoms with Crippen molar-refractivity contribution in [3.05, 3.63) is 107 Å². The monoisotopic (exact) mass is 471 g/mol. The molecule has 2 nitrogen and oxygen atoms in total. The van der Waals surface area contributed by atoms with Crippen LogP contribution in [0.5, 0.6) is 0 Å². The fourth-order valence-electron chi connectivity index (χ4n) is 6.17. The van der Waals surface area contributed by atoms with E-state index in [0.29, 0.717) is 11.8 Å². The predicted molar refractivity (Wildman–Crippen MR) is 151 cm³/mol. The molecule has 1 aromatic heterocycles. The van der Waals surface area contributed by atoms with Gasteiger partial charge in [0.2, 0.25) is 0 Å². The Hall–Kier alpha value is -3.65. The van der Waals surface area contributed by atoms with Gasteiger partial charge in [0.25, 0.3) is 5.82 Å². The first-order valence-electron chi connectivity index (χ1n) is 13.2. The van der Waals surface area contributed by atoms with Gasteiger partial charge in [-0.25, -0.2) is 4.57 Å². The Morgan fingerprint density at radius 1 is 0.694 bits per heavy atom. The van der Waals surface area contributed by atoms with Crippen molar-refractivity contribution < 1.29 is 4.57 Å². The van der Waals surface area contributed by atoms with E-state index in [9.17, 15) is 0 Å². The lowest BCUT2D eigenvalue weighted by atomic mass is 9.92. The quantitative estimate of drug-likeness (QED) is 0.229. The number of hydrogen-bond donors (Lipinski definition) is 0. The van der Waals surface area contributed by atoms with Crippen LogP contribution < -0.4 is 4.57 Å². The highest BCUT2D eigenvalue weighted by atomic mass is 15.2. The van der Waals surface area contributed by atoms with Gasteiger partial charge in [0.05, 0.1) is 12.6 Å². The predicted octanol–water partition coefficient (Wildman–Crippen LogP) is 8.25. The lowest BCUT2D eigenvalue weighted by Crippen LogP contribution is -2.36. The maximum Gasteiger partial charge on any atom is 0.295 e. The number of aromatic nitrogens is 2. The van der Waals surface area contributed by atoms with Crippen molar-refractivity contribution in [2.24, 2.45) is 7.05 Å². The Morgan fingerprint density at radius 3 is 2.00 bits per heavy atom. The van der Waals surface area contributed by atoms with Crippen molar-refractivity contribution in [2.75, 3.05) is 0 Å². The largest absolute Gasteiger partial charge is 0.295 e. The number of imidazole rings is 1. The van der Waals surface area contributed by atoms with E-state index in [1.165, 1.54) is 67.1 Å². The second-order valence-corrected chi connectivity index (χ2v) is 10.9. The summed E-state index contributed by atoms with van der Waals surface area (Å²) in [6.45, 7) is 11.5. The first-order chi connectivity index (χ1) is 17.4. The molecular formula is C34H35N2+. The molecule has 1 aliphatic carbocycles. The second-order valence-electron chi connectivity index (χ2n) is 10.9. The summed E-state index contributed by atoms with van der Waals surface area (Å²) >= 11 is 0. The van der Waals surface area contributed by atoms with Crippen LogP contribution >= 0.6 is 0 Å². The van der Waals surface area contributed by atoms with E-state index in [2.05, 4.69) is 130 Å². The molecular weight excluding hydrogens is 436 g/mol. The van der Waals surface area contributed by atoms with Gasteiger partial charge in [-0.15, -0.1) is 0 Å². The fourth-order valence-corrected chi connectivity index (χ4v) is 6.17. The molecule has 0 radical (unpaired) electrons. The van der Waals surface area contributed by atoms with Gasteiger partial charge in [-0.1, -0.05) is 94.4 Å². The number of hydrogen-bond acceptors (Lipinski definition) is 0. The van der Waals surface area contributed by atoms with Crippen LogP contribution in [-0.4, -0.2) is 4.57 Å². The number of fused-ring (bicyclic) bond motifs is 5. The molecule has 36 heavy (non-hydrogen) atoms. The maximum atomic E-state index is 2.61. The molecule has 6 rings (SSSR count). The van der Waals surface area contributed by atoms with E-state index in [0.717, 1.165) is 6.42 Å². The molecule has 0 unspecified atom stereocenters. The molecule has 1 aliphatic rings. The SMILES string of the molecule is Cc1ccccc1-c1n(C)c2ccc3c(c2[n+]1-c1c(C(C)C)cccc1C(C)C)-c1ccccc1C3. The molecule has 0 bridgehead atoms. The summed E-state index contributed by atoms with van der Waals surface area (Å²) in [5.41, 5.74) is 15.0. The van der Waals surface area contributed by atoms with Gasteiger partial charge < -0.3 is 0 Å². The summed E-state index contributed by atoms with van der Waals surface area (Å²) < 4.78 is 5.03. The molecule has 4 aromatic carbocycles. The average Bonchev–Trinajstić information content (AvgIpc) is 3.38. The Labute approximate surface area is 214 Å². The van der Waals surface area contributed by atoms with Crippen molar-refractivity contribution in [2.45, 2.75) is 52.9 Å². The topological polar surface area (TPSA) is 8.81 Å². The van der Waals surface area contributed by atoms with Crippen LogP contribution in [0, 0.1) is 6.92 Å². The van der Waals surface area contributed by atoms with E-state index in [1.54, 1.807) is 0 Å². The van der Waals surface area contributed by atoms with E-state index < -0.39 is 0 Å². The van der Waals surface area contributed by atoms with Crippen LogP contribution in [0.25, 0.3) is 39.2 Å². The molecule has 0 saturated heterocycles. The molecule has 2 heteroatoms. The van der Waals surface area contributed by atoms with Crippen molar-refractivity contribution in [1.29, 1.82) is 0 Å². The highest BCUT2D eigenvalue weighted by molar-refractivity contribution is 5.97. The molecule has 180 valence electrons. The van der Waals surface area contributed by atoms with Crippen LogP contribution in [0.2, 0.25) is 0 Å². The molecule has 0 fully saturated rings. The van der Waals surface area contributed by atoms with E-state index >= 15 is 0 Å². The lowest BCUT2D eigenvalue weighted by molar-refractivity contribution is -0.556. The summed E-state index contributed by atoms with van der Waals surface area (Å²) in [6.07, 6.45) is 0.999. The van der Waals surface area contributed by atoms with Crippen LogP contribution in [0.4, 0.5) is 0 Å². The minimum Gasteiger partial charge on any atom is -0.225 e. The van der Waals surface area contributed by atoms with E-state index in [1.807, 2.05) is 0 Å². The Kier molecular flexibility index (Phi) is 5.37. The van der Waals surface area contributed by atoms with Gasteiger partial charge in [-0.2, -0.15) is 4.57 Å². The summed E-state index contributed by atoms with van der Waals surface area (Å²) in [5.74, 6) is 2.07. The summed E-state index contributed by atoms with van der Waals surface area (Å²) in [5, 5.41) is 0. The lowest BCUT2D eigenvalue weighted by Gasteiger charge is -2.19. The minimum absolute atomic E-state index is 0.412. The number of para-hydroxylation sites is 1. The third kappa shape index (κ3) is 3.27. The standard InChI is InChI=1S/C34H35N2/c1-21(2)26-16-11-17-27(22(3)4)32(26)36-33-30(35(6)34(36)28-14-9-7-12-23(28)5)19-18-25-20-24-13-8-10-15-29(24)31(25)33/h7-19,21-22H,20H2,1-6H3/q+1. The smallest absolute Gasteiger partial charge is 0.225 e. The first kappa shape index (κ1) is 22.8. The summed E-state index contributed by atoms with van der Waals surface area (Å²) in [7, 11) is 2.24. The average molecular weight is 472 g/mol. The van der Waals surface area contributed by atoms with Crippen molar-refractivity contribution in [1.82, 2.24) is 4.57 Å². The maximum absolute atomic E-state index is 2.61. The van der Waals surface area contributed by atoms with E-state index in [4.69, 9.17) is 0 Å². The highest BCUT2D eigenvalue weighted by Crippen LogP contribution is 2.43. The fraction of sp³-hybridized carbons (Fsp3) is 0.265. The molecule has 0 amide bonds. The second kappa shape index (κ2) is 8.48. The van der Waals surface area contributed by atoms with Gasteiger partial charge >= 0.3 is 0 Å². The molecule has 5 aromatic rings. The van der Waals surface area contributed by atoms with Gasteiger partial charge in [0.15, 0.2) is 11.0 Å². The summed E-state index contributed by atoms with van der Waals surface area (Å²) in [6, 6.07) is 29.4. The molecule has 0 atom stereocenters. The van der Waals surface area contributed by atoms with Crippen molar-refractivity contribution in [3.8, 4) is 28.2 Å². The van der Waals surface area contributed by atoms with Crippen LogP contribution in [0.3, 0.4) is 0 Å². The van der Waals surface area contributed by atoms with Gasteiger partial charge in [0, 0.05) is 16.7 Å². The van der Waals surface area contributed by atoms with Crippen LogP contribution in [0.1, 0.15) is 67.3 Å². The zero-order valence-corrected chi connectivity index (χ0v) is 22.3. The Balaban J connectivity index is 1.87. The van der Waals surface area contributed by atoms with Gasteiger partial charge in [-0.05, 0) is 59.6 Å². The number of benzene rings is 4. The number of aryl methyl sites for hydroxylation is 2. The van der Waals surface area contributed by atoms with Gasteiger partial charge in [0.1, 0.15) is 5.69 Å². The van der Waals surface area contributed by atoms with Crippen molar-refractivity contribution in [3.63, 3.8) is 0 Å². The highest BCUT2D eigenvalue weighted by Gasteiger charge is 2.35. The van der Waals surface area contributed by atoms with Gasteiger partial charge in [-0.3, -0.25) is 0 Å². The number of nitrogens with zero attached hydrogens (tertiary/aromatic N) is 2. The normalized spacial score (nSPS) is 12.6. The Bertz CT molecular complexity index is 1610. The first-order valence-corrected chi connectivity index (χ1v) is 13.2. The van der Waals surface area contributed by atoms with Crippen molar-refractivity contribution >= 4 is 11.0 Å². The molecule has 0 spiro atoms. The molecule has 1 heterocycles. The molecule has 0 N–H and O–H groups in total. The summed E-state index contributed by atoms with van der Waals surface area (Å²) in [4.78, 5) is 0. The zero-order chi connectivity index (χ0) is 25.1. The third-order valence-electron chi connectivity index (χ3n) is 7.98. The molecule has 0 saturated carbocycles. The van der Waals surface area contributed by atoms with E-state index in [-0.39, 0.29) is 0 Å². The van der Waals surface area contributed by atoms with Crippen LogP contribution in [-0.2, 0) is 13.5 Å². The molecule has 0 aliphatic heterocycles. The van der Waals surface area contributed by atoms with Crippen LogP contribution in [0.15, 0.2) is 78.9 Å².